The van der Waals surface area contributed by atoms with Crippen molar-refractivity contribution in [2.75, 3.05) is 19.8 Å². The van der Waals surface area contributed by atoms with Crippen LogP contribution in [0.5, 0.6) is 0 Å². The zero-order valence-corrected chi connectivity index (χ0v) is 15.5. The minimum absolute atomic E-state index is 0.202. The van der Waals surface area contributed by atoms with E-state index in [-0.39, 0.29) is 11.2 Å². The van der Waals surface area contributed by atoms with Gasteiger partial charge in [0.25, 0.3) is 6.47 Å². The Morgan fingerprint density at radius 2 is 1.46 bits per heavy atom. The molecule has 0 saturated heterocycles. The molecule has 0 heterocycles. The van der Waals surface area contributed by atoms with E-state index in [1.54, 1.807) is 0 Å². The summed E-state index contributed by atoms with van der Waals surface area (Å²) in [6.45, 7) is 10.4. The third-order valence-corrected chi connectivity index (χ3v) is 4.03. The maximum absolute atomic E-state index is 10.2. The molecule has 0 aromatic heterocycles. The molecule has 1 aromatic carbocycles. The van der Waals surface area contributed by atoms with Crippen LogP contribution in [-0.2, 0) is 25.4 Å². The molecule has 0 N–H and O–H groups in total. The van der Waals surface area contributed by atoms with Crippen molar-refractivity contribution in [1.29, 1.82) is 0 Å². The van der Waals surface area contributed by atoms with Crippen LogP contribution in [0.15, 0.2) is 30.3 Å². The van der Waals surface area contributed by atoms with Crippen molar-refractivity contribution in [3.05, 3.63) is 35.9 Å². The lowest BCUT2D eigenvalue weighted by Gasteiger charge is -2.29. The molecule has 0 unspecified atom stereocenters. The Morgan fingerprint density at radius 1 is 0.875 bits per heavy atom. The molecular weight excluding hydrogens is 304 g/mol. The Hall–Kier alpha value is -1.39. The molecule has 0 bridgehead atoms. The van der Waals surface area contributed by atoms with Crippen LogP contribution in [0.1, 0.15) is 52.5 Å². The molecule has 0 amide bonds. The number of rotatable bonds is 13. The summed E-state index contributed by atoms with van der Waals surface area (Å²) in [5.41, 5.74) is 0.847. The molecule has 0 aliphatic heterocycles. The van der Waals surface area contributed by atoms with Crippen molar-refractivity contribution in [3.8, 4) is 0 Å². The van der Waals surface area contributed by atoms with Crippen molar-refractivity contribution in [1.82, 2.24) is 0 Å². The summed E-state index contributed by atoms with van der Waals surface area (Å²) < 4.78 is 16.7. The maximum Gasteiger partial charge on any atom is 0.293 e. The quantitative estimate of drug-likeness (QED) is 0.401. The Kier molecular flexibility index (Phi) is 9.01. The van der Waals surface area contributed by atoms with Gasteiger partial charge >= 0.3 is 0 Å². The van der Waals surface area contributed by atoms with Crippen molar-refractivity contribution >= 4 is 6.47 Å². The second-order valence-electron chi connectivity index (χ2n) is 7.27. The van der Waals surface area contributed by atoms with Gasteiger partial charge in [-0.05, 0) is 52.5 Å². The fourth-order valence-corrected chi connectivity index (χ4v) is 2.34. The topological polar surface area (TPSA) is 44.8 Å². The molecule has 0 radical (unpaired) electrons. The SMILES string of the molecule is CC(C)(CCOC=O)OCCC(C)(C)OCCCc1ccccc1. The molecule has 1 aromatic rings. The maximum atomic E-state index is 10.2. The van der Waals surface area contributed by atoms with Crippen LogP contribution in [0.3, 0.4) is 0 Å². The molecule has 24 heavy (non-hydrogen) atoms. The second kappa shape index (κ2) is 10.5. The van der Waals surface area contributed by atoms with Crippen LogP contribution in [0.25, 0.3) is 0 Å². The zero-order valence-electron chi connectivity index (χ0n) is 15.5. The predicted molar refractivity (Wildman–Crippen MR) is 96.1 cm³/mol. The summed E-state index contributed by atoms with van der Waals surface area (Å²) in [7, 11) is 0. The minimum atomic E-state index is -0.299. The summed E-state index contributed by atoms with van der Waals surface area (Å²) in [6, 6.07) is 10.5. The van der Waals surface area contributed by atoms with E-state index in [0.717, 1.165) is 25.9 Å². The molecular formula is C20H32O4. The summed E-state index contributed by atoms with van der Waals surface area (Å²) in [4.78, 5) is 10.2. The molecule has 0 saturated carbocycles. The first-order valence-corrected chi connectivity index (χ1v) is 8.72. The highest BCUT2D eigenvalue weighted by Gasteiger charge is 2.22. The molecule has 0 spiro atoms. The van der Waals surface area contributed by atoms with E-state index in [0.29, 0.717) is 26.1 Å². The Balaban J connectivity index is 2.17. The van der Waals surface area contributed by atoms with Crippen LogP contribution < -0.4 is 0 Å². The number of ether oxygens (including phenoxy) is 3. The smallest absolute Gasteiger partial charge is 0.293 e. The number of aryl methyl sites for hydroxylation is 1. The molecule has 0 fully saturated rings. The van der Waals surface area contributed by atoms with Gasteiger partial charge in [0.1, 0.15) is 0 Å². The lowest BCUT2D eigenvalue weighted by atomic mass is 10.0. The molecule has 4 heteroatoms. The minimum Gasteiger partial charge on any atom is -0.468 e. The fourth-order valence-electron chi connectivity index (χ4n) is 2.34. The van der Waals surface area contributed by atoms with Crippen LogP contribution in [0.2, 0.25) is 0 Å². The van der Waals surface area contributed by atoms with E-state index in [2.05, 4.69) is 38.1 Å². The highest BCUT2D eigenvalue weighted by Crippen LogP contribution is 2.20. The van der Waals surface area contributed by atoms with Gasteiger partial charge in [0, 0.05) is 13.0 Å². The molecule has 136 valence electrons. The van der Waals surface area contributed by atoms with Gasteiger partial charge in [0.05, 0.1) is 24.4 Å². The normalized spacial score (nSPS) is 12.2. The van der Waals surface area contributed by atoms with Crippen LogP contribution in [0.4, 0.5) is 0 Å². The lowest BCUT2D eigenvalue weighted by Crippen LogP contribution is -2.32. The first-order valence-electron chi connectivity index (χ1n) is 8.72. The Morgan fingerprint density at radius 3 is 2.08 bits per heavy atom. The van der Waals surface area contributed by atoms with Crippen LogP contribution in [-0.4, -0.2) is 37.5 Å². The summed E-state index contributed by atoms with van der Waals surface area (Å²) in [5, 5.41) is 0. The van der Waals surface area contributed by atoms with E-state index in [1.165, 1.54) is 5.56 Å². The highest BCUT2D eigenvalue weighted by atomic mass is 16.5. The van der Waals surface area contributed by atoms with Gasteiger partial charge in [0.15, 0.2) is 0 Å². The van der Waals surface area contributed by atoms with Crippen molar-refractivity contribution in [2.45, 2.75) is 64.6 Å². The molecule has 1 rings (SSSR count). The van der Waals surface area contributed by atoms with Crippen molar-refractivity contribution in [2.24, 2.45) is 0 Å². The van der Waals surface area contributed by atoms with Gasteiger partial charge in [-0.1, -0.05) is 30.3 Å². The van der Waals surface area contributed by atoms with Crippen molar-refractivity contribution in [3.63, 3.8) is 0 Å². The average Bonchev–Trinajstić information content (AvgIpc) is 2.52. The first-order chi connectivity index (χ1) is 11.3. The Bertz CT molecular complexity index is 454. The fraction of sp³-hybridized carbons (Fsp3) is 0.650. The number of hydrogen-bond donors (Lipinski definition) is 0. The van der Waals surface area contributed by atoms with Gasteiger partial charge in [-0.25, -0.2) is 0 Å². The molecule has 0 atom stereocenters. The largest absolute Gasteiger partial charge is 0.468 e. The monoisotopic (exact) mass is 336 g/mol. The van der Waals surface area contributed by atoms with Crippen LogP contribution >= 0.6 is 0 Å². The first kappa shape index (κ1) is 20.7. The third kappa shape index (κ3) is 9.68. The van der Waals surface area contributed by atoms with Crippen LogP contribution in [0, 0.1) is 0 Å². The van der Waals surface area contributed by atoms with Crippen molar-refractivity contribution < 1.29 is 19.0 Å². The van der Waals surface area contributed by atoms with Gasteiger partial charge in [-0.2, -0.15) is 0 Å². The molecule has 4 nitrogen and oxygen atoms in total. The van der Waals surface area contributed by atoms with Gasteiger partial charge in [-0.15, -0.1) is 0 Å². The summed E-state index contributed by atoms with van der Waals surface area (Å²) >= 11 is 0. The molecule has 0 aliphatic rings. The predicted octanol–water partition coefficient (Wildman–Crippen LogP) is 4.16. The van der Waals surface area contributed by atoms with E-state index in [1.807, 2.05) is 19.9 Å². The highest BCUT2D eigenvalue weighted by molar-refractivity contribution is 5.36. The second-order valence-corrected chi connectivity index (χ2v) is 7.27. The number of benzene rings is 1. The summed E-state index contributed by atoms with van der Waals surface area (Å²) in [5.74, 6) is 0. The summed E-state index contributed by atoms with van der Waals surface area (Å²) in [6.07, 6.45) is 3.57. The van der Waals surface area contributed by atoms with E-state index < -0.39 is 0 Å². The van der Waals surface area contributed by atoms with Gasteiger partial charge in [-0.3, -0.25) is 4.79 Å². The number of carbonyl (C=O) groups excluding carboxylic acids is 1. The van der Waals surface area contributed by atoms with E-state index in [4.69, 9.17) is 14.2 Å². The van der Waals surface area contributed by atoms with E-state index in [9.17, 15) is 4.79 Å². The lowest BCUT2D eigenvalue weighted by molar-refractivity contribution is -0.131. The van der Waals surface area contributed by atoms with E-state index >= 15 is 0 Å². The molecule has 0 aliphatic carbocycles. The number of carbonyl (C=O) groups is 1. The van der Waals surface area contributed by atoms with Gasteiger partial charge in [0.2, 0.25) is 0 Å². The van der Waals surface area contributed by atoms with Gasteiger partial charge < -0.3 is 14.2 Å². The zero-order chi connectivity index (χ0) is 17.9. The third-order valence-electron chi connectivity index (χ3n) is 4.03. The number of hydrogen-bond acceptors (Lipinski definition) is 4. The average molecular weight is 336 g/mol. The standard InChI is InChI=1S/C20H32O4/c1-19(2,12-15-22-17-21)24-16-13-20(3,4)23-14-8-11-18-9-6-5-7-10-18/h5-7,9-10,17H,8,11-16H2,1-4H3. The Labute approximate surface area is 146 Å².